The van der Waals surface area contributed by atoms with Crippen molar-refractivity contribution in [1.82, 2.24) is 0 Å². The maximum absolute atomic E-state index is 13.3. The van der Waals surface area contributed by atoms with Crippen molar-refractivity contribution < 1.29 is 9.13 Å². The van der Waals surface area contributed by atoms with Gasteiger partial charge in [-0.1, -0.05) is 5.57 Å². The van der Waals surface area contributed by atoms with Crippen LogP contribution in [0.15, 0.2) is 23.8 Å². The molecule has 0 atom stereocenters. The van der Waals surface area contributed by atoms with Crippen LogP contribution in [0.2, 0.25) is 0 Å². The number of ether oxygens (including phenoxy) is 1. The smallest absolute Gasteiger partial charge is 0.167 e. The number of allylic oxidation sites excluding steroid dienone is 1. The summed E-state index contributed by atoms with van der Waals surface area (Å²) in [5.74, 6) is -0.167. The van der Waals surface area contributed by atoms with Crippen LogP contribution in [0.25, 0.3) is 0 Å². The van der Waals surface area contributed by atoms with Gasteiger partial charge in [0.15, 0.2) is 11.6 Å². The van der Waals surface area contributed by atoms with E-state index in [0.29, 0.717) is 12.3 Å². The monoisotopic (exact) mass is 209 g/mol. The van der Waals surface area contributed by atoms with Crippen LogP contribution in [-0.2, 0) is 0 Å². The molecule has 3 heteroatoms. The lowest BCUT2D eigenvalue weighted by Crippen LogP contribution is -1.99. The van der Waals surface area contributed by atoms with Crippen molar-refractivity contribution in [1.29, 1.82) is 0 Å². The third-order valence-electron chi connectivity index (χ3n) is 2.05. The SMILES string of the molecule is CC(C)=CCOc1cc(C)c(N)cc1F. The molecule has 0 fully saturated rings. The van der Waals surface area contributed by atoms with Crippen molar-refractivity contribution in [3.63, 3.8) is 0 Å². The molecule has 0 unspecified atom stereocenters. The van der Waals surface area contributed by atoms with E-state index in [9.17, 15) is 4.39 Å². The molecule has 0 aliphatic heterocycles. The number of aryl methyl sites for hydroxylation is 1. The highest BCUT2D eigenvalue weighted by atomic mass is 19.1. The summed E-state index contributed by atoms with van der Waals surface area (Å²) in [6.45, 7) is 6.13. The predicted molar refractivity (Wildman–Crippen MR) is 60.5 cm³/mol. The lowest BCUT2D eigenvalue weighted by Gasteiger charge is -2.07. The van der Waals surface area contributed by atoms with Gasteiger partial charge < -0.3 is 10.5 Å². The van der Waals surface area contributed by atoms with E-state index in [1.54, 1.807) is 6.07 Å². The maximum atomic E-state index is 13.3. The molecular weight excluding hydrogens is 193 g/mol. The molecule has 0 saturated heterocycles. The van der Waals surface area contributed by atoms with Crippen LogP contribution in [0, 0.1) is 12.7 Å². The summed E-state index contributed by atoms with van der Waals surface area (Å²) in [5, 5.41) is 0. The van der Waals surface area contributed by atoms with Crippen LogP contribution in [0.1, 0.15) is 19.4 Å². The zero-order valence-electron chi connectivity index (χ0n) is 9.30. The maximum Gasteiger partial charge on any atom is 0.167 e. The van der Waals surface area contributed by atoms with E-state index in [2.05, 4.69) is 0 Å². The Labute approximate surface area is 89.6 Å². The zero-order chi connectivity index (χ0) is 11.4. The molecule has 82 valence electrons. The minimum Gasteiger partial charge on any atom is -0.486 e. The summed E-state index contributed by atoms with van der Waals surface area (Å²) in [6, 6.07) is 2.90. The van der Waals surface area contributed by atoms with Crippen molar-refractivity contribution in [2.45, 2.75) is 20.8 Å². The molecule has 0 radical (unpaired) electrons. The summed E-state index contributed by atoms with van der Waals surface area (Å²) in [4.78, 5) is 0. The molecule has 0 heterocycles. The minimum absolute atomic E-state index is 0.249. The van der Waals surface area contributed by atoms with E-state index < -0.39 is 5.82 Å². The van der Waals surface area contributed by atoms with E-state index in [4.69, 9.17) is 10.5 Å². The van der Waals surface area contributed by atoms with Crippen LogP contribution < -0.4 is 10.5 Å². The first-order valence-electron chi connectivity index (χ1n) is 4.82. The lowest BCUT2D eigenvalue weighted by molar-refractivity contribution is 0.341. The molecule has 0 bridgehead atoms. The van der Waals surface area contributed by atoms with E-state index in [1.807, 2.05) is 26.8 Å². The molecule has 1 aromatic carbocycles. The molecule has 2 N–H and O–H groups in total. The van der Waals surface area contributed by atoms with Gasteiger partial charge in [0.2, 0.25) is 0 Å². The third kappa shape index (κ3) is 3.27. The standard InChI is InChI=1S/C12H16FNO/c1-8(2)4-5-15-12-6-9(3)11(14)7-10(12)13/h4,6-7H,5,14H2,1-3H3. The molecule has 15 heavy (non-hydrogen) atoms. The normalized spacial score (nSPS) is 9.87. The van der Waals surface area contributed by atoms with Gasteiger partial charge >= 0.3 is 0 Å². The number of nitrogens with two attached hydrogens (primary N) is 1. The first-order valence-corrected chi connectivity index (χ1v) is 4.82. The highest BCUT2D eigenvalue weighted by molar-refractivity contribution is 5.50. The average Bonchev–Trinajstić information content (AvgIpc) is 2.13. The van der Waals surface area contributed by atoms with Gasteiger partial charge in [-0.3, -0.25) is 0 Å². The van der Waals surface area contributed by atoms with Crippen molar-refractivity contribution in [3.8, 4) is 5.75 Å². The first-order chi connectivity index (χ1) is 7.00. The number of hydrogen-bond donors (Lipinski definition) is 1. The summed E-state index contributed by atoms with van der Waals surface area (Å²) in [7, 11) is 0. The van der Waals surface area contributed by atoms with Crippen molar-refractivity contribution in [3.05, 3.63) is 35.2 Å². The Morgan fingerprint density at radius 1 is 1.47 bits per heavy atom. The number of benzene rings is 1. The molecule has 1 aromatic rings. The second-order valence-electron chi connectivity index (χ2n) is 3.73. The summed E-state index contributed by atoms with van der Waals surface area (Å²) < 4.78 is 18.6. The van der Waals surface area contributed by atoms with E-state index in [0.717, 1.165) is 11.1 Å². The fourth-order valence-electron chi connectivity index (χ4n) is 1.08. The van der Waals surface area contributed by atoms with Crippen molar-refractivity contribution in [2.75, 3.05) is 12.3 Å². The third-order valence-corrected chi connectivity index (χ3v) is 2.05. The number of nitrogen functional groups attached to an aromatic ring is 1. The zero-order valence-corrected chi connectivity index (χ0v) is 9.30. The van der Waals surface area contributed by atoms with Crippen LogP contribution in [0.4, 0.5) is 10.1 Å². The largest absolute Gasteiger partial charge is 0.486 e. The van der Waals surface area contributed by atoms with Crippen molar-refractivity contribution >= 4 is 5.69 Å². The van der Waals surface area contributed by atoms with E-state index in [1.165, 1.54) is 6.07 Å². The highest BCUT2D eigenvalue weighted by Crippen LogP contribution is 2.23. The summed E-state index contributed by atoms with van der Waals surface area (Å²) in [5.41, 5.74) is 7.97. The molecule has 0 spiro atoms. The van der Waals surface area contributed by atoms with Gasteiger partial charge in [0, 0.05) is 11.8 Å². The predicted octanol–water partition coefficient (Wildman–Crippen LogP) is 3.06. The Bertz CT molecular complexity index is 381. The van der Waals surface area contributed by atoms with Gasteiger partial charge in [-0.05, 0) is 38.5 Å². The fraction of sp³-hybridized carbons (Fsp3) is 0.333. The molecule has 2 nitrogen and oxygen atoms in total. The Morgan fingerprint density at radius 2 is 2.13 bits per heavy atom. The second-order valence-corrected chi connectivity index (χ2v) is 3.73. The van der Waals surface area contributed by atoms with Gasteiger partial charge in [-0.15, -0.1) is 0 Å². The Kier molecular flexibility index (Phi) is 3.72. The van der Waals surface area contributed by atoms with Gasteiger partial charge in [-0.25, -0.2) is 4.39 Å². The molecule has 0 aliphatic carbocycles. The van der Waals surface area contributed by atoms with Gasteiger partial charge in [-0.2, -0.15) is 0 Å². The molecule has 0 amide bonds. The van der Waals surface area contributed by atoms with E-state index >= 15 is 0 Å². The highest BCUT2D eigenvalue weighted by Gasteiger charge is 2.05. The van der Waals surface area contributed by atoms with Crippen molar-refractivity contribution in [2.24, 2.45) is 0 Å². The number of anilines is 1. The lowest BCUT2D eigenvalue weighted by atomic mass is 10.2. The number of rotatable bonds is 3. The molecule has 0 aromatic heterocycles. The average molecular weight is 209 g/mol. The number of hydrogen-bond acceptors (Lipinski definition) is 2. The Balaban J connectivity index is 2.77. The number of halogens is 1. The topological polar surface area (TPSA) is 35.2 Å². The summed E-state index contributed by atoms with van der Waals surface area (Å²) >= 11 is 0. The van der Waals surface area contributed by atoms with Crippen LogP contribution >= 0.6 is 0 Å². The quantitative estimate of drug-likeness (QED) is 0.613. The molecular formula is C12H16FNO. The van der Waals surface area contributed by atoms with Crippen LogP contribution in [0.5, 0.6) is 5.75 Å². The molecule has 1 rings (SSSR count). The Morgan fingerprint density at radius 3 is 2.73 bits per heavy atom. The second kappa shape index (κ2) is 4.82. The molecule has 0 aliphatic rings. The Hall–Kier alpha value is -1.51. The van der Waals surface area contributed by atoms with Gasteiger partial charge in [0.25, 0.3) is 0 Å². The summed E-state index contributed by atoms with van der Waals surface area (Å²) in [6.07, 6.45) is 1.89. The molecule has 0 saturated carbocycles. The van der Waals surface area contributed by atoms with E-state index in [-0.39, 0.29) is 5.75 Å². The first kappa shape index (κ1) is 11.6. The minimum atomic E-state index is -0.416. The van der Waals surface area contributed by atoms with Crippen LogP contribution in [0.3, 0.4) is 0 Å². The van der Waals surface area contributed by atoms with Crippen LogP contribution in [-0.4, -0.2) is 6.61 Å². The van der Waals surface area contributed by atoms with Gasteiger partial charge in [0.1, 0.15) is 6.61 Å². The fourth-order valence-corrected chi connectivity index (χ4v) is 1.08. The van der Waals surface area contributed by atoms with Gasteiger partial charge in [0.05, 0.1) is 0 Å².